The molecule has 0 aromatic carbocycles. The number of nitrogens with one attached hydrogen (secondary N) is 1. The van der Waals surface area contributed by atoms with E-state index in [4.69, 9.17) is 4.42 Å². The molecule has 2 rings (SSSR count). The predicted molar refractivity (Wildman–Crippen MR) is 55.5 cm³/mol. The van der Waals surface area contributed by atoms with Crippen molar-refractivity contribution in [2.75, 3.05) is 0 Å². The summed E-state index contributed by atoms with van der Waals surface area (Å²) in [5.74, 6) is 0. The minimum absolute atomic E-state index is 0.211. The second-order valence-corrected chi connectivity index (χ2v) is 3.69. The Morgan fingerprint density at radius 1 is 1.36 bits per heavy atom. The minimum Gasteiger partial charge on any atom is -0.405 e. The summed E-state index contributed by atoms with van der Waals surface area (Å²) in [6.45, 7) is 1.78. The molecule has 0 amide bonds. The lowest BCUT2D eigenvalue weighted by Gasteiger charge is -2.00. The normalized spacial score (nSPS) is 10.7. The van der Waals surface area contributed by atoms with Gasteiger partial charge >= 0.3 is 5.63 Å². The Kier molecular flexibility index (Phi) is 2.03. The van der Waals surface area contributed by atoms with Gasteiger partial charge in [0.2, 0.25) is 5.71 Å². The van der Waals surface area contributed by atoms with Crippen LogP contribution in [0.4, 0.5) is 0 Å². The van der Waals surface area contributed by atoms with Gasteiger partial charge in [-0.25, -0.2) is 4.79 Å². The first kappa shape index (κ1) is 9.21. The van der Waals surface area contributed by atoms with Crippen molar-refractivity contribution in [2.45, 2.75) is 6.92 Å². The fourth-order valence-electron chi connectivity index (χ4n) is 1.24. The maximum absolute atomic E-state index is 11.2. The number of aromatic amines is 1. The number of halogens is 1. The molecule has 0 bridgehead atoms. The Bertz CT molecular complexity index is 611. The number of aryl methyl sites for hydroxylation is 1. The van der Waals surface area contributed by atoms with Gasteiger partial charge in [0.15, 0.2) is 0 Å². The van der Waals surface area contributed by atoms with Crippen LogP contribution >= 0.6 is 15.9 Å². The summed E-state index contributed by atoms with van der Waals surface area (Å²) in [6.07, 6.45) is 0. The van der Waals surface area contributed by atoms with E-state index in [0.29, 0.717) is 4.47 Å². The summed E-state index contributed by atoms with van der Waals surface area (Å²) in [7, 11) is 0. The highest BCUT2D eigenvalue weighted by molar-refractivity contribution is 9.10. The van der Waals surface area contributed by atoms with Crippen LogP contribution in [-0.2, 0) is 0 Å². The van der Waals surface area contributed by atoms with E-state index in [1.165, 1.54) is 6.07 Å². The summed E-state index contributed by atoms with van der Waals surface area (Å²) in [6, 6.07) is 3.01. The number of aromatic nitrogens is 1. The van der Waals surface area contributed by atoms with Gasteiger partial charge in [0.25, 0.3) is 5.56 Å². The Morgan fingerprint density at radius 2 is 2.07 bits per heavy atom. The molecule has 0 spiro atoms. The molecule has 2 aromatic heterocycles. The number of pyridine rings is 1. The molecule has 0 unspecified atom stereocenters. The topological polar surface area (TPSA) is 63.1 Å². The van der Waals surface area contributed by atoms with E-state index in [1.54, 1.807) is 13.0 Å². The SMILES string of the molecule is Cc1c(Br)c(=O)oc2[nH]c(=O)ccc12. The molecule has 0 saturated carbocycles. The van der Waals surface area contributed by atoms with Gasteiger partial charge in [-0.1, -0.05) is 0 Å². The van der Waals surface area contributed by atoms with Crippen LogP contribution in [0.3, 0.4) is 0 Å². The second kappa shape index (κ2) is 3.09. The Hall–Kier alpha value is -1.36. The lowest BCUT2D eigenvalue weighted by atomic mass is 10.2. The summed E-state index contributed by atoms with van der Waals surface area (Å²) < 4.78 is 5.28. The summed E-state index contributed by atoms with van der Waals surface area (Å²) in [5, 5.41) is 0.719. The molecule has 0 aliphatic heterocycles. The zero-order valence-electron chi connectivity index (χ0n) is 7.26. The van der Waals surface area contributed by atoms with Gasteiger partial charge in [-0.3, -0.25) is 9.78 Å². The zero-order valence-corrected chi connectivity index (χ0v) is 8.84. The van der Waals surface area contributed by atoms with E-state index >= 15 is 0 Å². The van der Waals surface area contributed by atoms with Crippen LogP contribution in [0.1, 0.15) is 5.56 Å². The third-order valence-corrected chi connectivity index (χ3v) is 2.91. The van der Waals surface area contributed by atoms with Crippen molar-refractivity contribution < 1.29 is 4.42 Å². The van der Waals surface area contributed by atoms with Crippen molar-refractivity contribution in [3.63, 3.8) is 0 Å². The van der Waals surface area contributed by atoms with Crippen LogP contribution < -0.4 is 11.2 Å². The fraction of sp³-hybridized carbons (Fsp3) is 0.111. The highest BCUT2D eigenvalue weighted by atomic mass is 79.9. The molecule has 14 heavy (non-hydrogen) atoms. The second-order valence-electron chi connectivity index (χ2n) is 2.89. The largest absolute Gasteiger partial charge is 0.405 e. The molecular formula is C9H6BrNO3. The van der Waals surface area contributed by atoms with Gasteiger partial charge in [0.1, 0.15) is 4.47 Å². The van der Waals surface area contributed by atoms with Gasteiger partial charge in [-0.2, -0.15) is 0 Å². The molecular weight excluding hydrogens is 250 g/mol. The molecule has 5 heteroatoms. The number of rotatable bonds is 0. The van der Waals surface area contributed by atoms with Gasteiger partial charge in [-0.05, 0) is 34.5 Å². The molecule has 0 radical (unpaired) electrons. The van der Waals surface area contributed by atoms with E-state index in [2.05, 4.69) is 20.9 Å². The van der Waals surface area contributed by atoms with Crippen LogP contribution in [-0.4, -0.2) is 4.98 Å². The highest BCUT2D eigenvalue weighted by Crippen LogP contribution is 2.19. The third-order valence-electron chi connectivity index (χ3n) is 1.99. The molecule has 0 fully saturated rings. The van der Waals surface area contributed by atoms with Crippen molar-refractivity contribution in [1.82, 2.24) is 4.98 Å². The van der Waals surface area contributed by atoms with Crippen LogP contribution in [0, 0.1) is 6.92 Å². The number of fused-ring (bicyclic) bond motifs is 1. The van der Waals surface area contributed by atoms with Gasteiger partial charge in [-0.15, -0.1) is 0 Å². The zero-order chi connectivity index (χ0) is 10.3. The Labute approximate surface area is 86.7 Å². The number of hydrogen-bond donors (Lipinski definition) is 1. The minimum atomic E-state index is -0.489. The smallest absolute Gasteiger partial charge is 0.352 e. The molecule has 1 N–H and O–H groups in total. The first-order valence-electron chi connectivity index (χ1n) is 3.92. The van der Waals surface area contributed by atoms with Crippen molar-refractivity contribution >= 4 is 27.0 Å². The summed E-state index contributed by atoms with van der Waals surface area (Å²) >= 11 is 3.12. The molecule has 4 nitrogen and oxygen atoms in total. The van der Waals surface area contributed by atoms with Crippen LogP contribution in [0.2, 0.25) is 0 Å². The first-order valence-corrected chi connectivity index (χ1v) is 4.71. The fourth-order valence-corrected chi connectivity index (χ4v) is 1.53. The van der Waals surface area contributed by atoms with E-state index in [9.17, 15) is 9.59 Å². The predicted octanol–water partition coefficient (Wildman–Crippen LogP) is 1.55. The van der Waals surface area contributed by atoms with Gasteiger partial charge in [0, 0.05) is 11.5 Å². The van der Waals surface area contributed by atoms with E-state index in [0.717, 1.165) is 10.9 Å². The lowest BCUT2D eigenvalue weighted by Crippen LogP contribution is -2.08. The molecule has 2 heterocycles. The van der Waals surface area contributed by atoms with Gasteiger partial charge in [0.05, 0.1) is 0 Å². The number of hydrogen-bond acceptors (Lipinski definition) is 3. The molecule has 0 saturated heterocycles. The van der Waals surface area contributed by atoms with Crippen molar-refractivity contribution in [3.05, 3.63) is 42.9 Å². The standard InChI is InChI=1S/C9H6BrNO3/c1-4-5-2-3-6(12)11-8(5)14-9(13)7(4)10/h2-3H,1H3,(H,11,12). The first-order chi connectivity index (χ1) is 6.59. The van der Waals surface area contributed by atoms with Crippen molar-refractivity contribution in [1.29, 1.82) is 0 Å². The van der Waals surface area contributed by atoms with Crippen LogP contribution in [0.5, 0.6) is 0 Å². The molecule has 0 aliphatic rings. The average Bonchev–Trinajstić information content (AvgIpc) is 2.14. The van der Waals surface area contributed by atoms with Crippen LogP contribution in [0.15, 0.2) is 30.6 Å². The molecule has 72 valence electrons. The number of H-pyrrole nitrogens is 1. The average molecular weight is 256 g/mol. The molecule has 0 aliphatic carbocycles. The monoisotopic (exact) mass is 255 g/mol. The van der Waals surface area contributed by atoms with Crippen molar-refractivity contribution in [2.24, 2.45) is 0 Å². The van der Waals surface area contributed by atoms with Crippen molar-refractivity contribution in [3.8, 4) is 0 Å². The Morgan fingerprint density at radius 3 is 2.79 bits per heavy atom. The third kappa shape index (κ3) is 1.29. The summed E-state index contributed by atoms with van der Waals surface area (Å²) in [4.78, 5) is 24.6. The lowest BCUT2D eigenvalue weighted by molar-refractivity contribution is 0.543. The van der Waals surface area contributed by atoms with E-state index in [1.807, 2.05) is 0 Å². The maximum Gasteiger partial charge on any atom is 0.352 e. The van der Waals surface area contributed by atoms with Gasteiger partial charge < -0.3 is 4.42 Å². The van der Waals surface area contributed by atoms with E-state index < -0.39 is 5.63 Å². The maximum atomic E-state index is 11.2. The Balaban J connectivity index is 3.05. The molecule has 0 atom stereocenters. The van der Waals surface area contributed by atoms with Crippen LogP contribution in [0.25, 0.3) is 11.1 Å². The highest BCUT2D eigenvalue weighted by Gasteiger charge is 2.08. The summed E-state index contributed by atoms with van der Waals surface area (Å²) in [5.41, 5.74) is 0.190. The quantitative estimate of drug-likeness (QED) is 0.777. The molecule has 2 aromatic rings. The van der Waals surface area contributed by atoms with E-state index in [-0.39, 0.29) is 11.3 Å².